The van der Waals surface area contributed by atoms with Crippen molar-refractivity contribution in [2.75, 3.05) is 25.2 Å². The predicted molar refractivity (Wildman–Crippen MR) is 134 cm³/mol. The number of ketones is 1. The molecule has 7 heteroatoms. The van der Waals surface area contributed by atoms with Crippen LogP contribution in [0.4, 0.5) is 4.79 Å². The van der Waals surface area contributed by atoms with Gasteiger partial charge in [-0.2, -0.15) is 11.8 Å². The third kappa shape index (κ3) is 11.4. The molecule has 0 saturated carbocycles. The molecule has 0 aliphatic heterocycles. The SMILES string of the molecule is CSCC(=O)C(COCc1ccccc1)NCC(CC(C)C)NC(=O)OCc1ccccc1. The number of carbonyl (C=O) groups is 2. The summed E-state index contributed by atoms with van der Waals surface area (Å²) in [7, 11) is 0. The maximum Gasteiger partial charge on any atom is 0.407 e. The van der Waals surface area contributed by atoms with Crippen molar-refractivity contribution in [1.82, 2.24) is 10.6 Å². The Hall–Kier alpha value is -2.35. The fraction of sp³-hybridized carbons (Fsp3) is 0.462. The molecule has 33 heavy (non-hydrogen) atoms. The van der Waals surface area contributed by atoms with Crippen LogP contribution in [-0.4, -0.2) is 49.1 Å². The van der Waals surface area contributed by atoms with E-state index in [2.05, 4.69) is 24.5 Å². The maximum atomic E-state index is 12.6. The van der Waals surface area contributed by atoms with E-state index < -0.39 is 12.1 Å². The molecule has 2 aromatic rings. The van der Waals surface area contributed by atoms with E-state index in [1.165, 1.54) is 11.8 Å². The minimum atomic E-state index is -0.460. The molecular weight excluding hydrogens is 436 g/mol. The average molecular weight is 473 g/mol. The quantitative estimate of drug-likeness (QED) is 0.399. The lowest BCUT2D eigenvalue weighted by molar-refractivity contribution is -0.120. The standard InChI is InChI=1S/C26H36N2O4S/c1-20(2)14-23(28-26(30)32-17-22-12-8-5-9-13-22)15-27-24(25(29)19-33-3)18-31-16-21-10-6-4-7-11-21/h4-13,20,23-24,27H,14-19H2,1-3H3,(H,28,30). The van der Waals surface area contributed by atoms with Gasteiger partial charge in [-0.25, -0.2) is 4.79 Å². The van der Waals surface area contributed by atoms with E-state index in [9.17, 15) is 9.59 Å². The zero-order chi connectivity index (χ0) is 23.9. The van der Waals surface area contributed by atoms with Crippen molar-refractivity contribution >= 4 is 23.6 Å². The second-order valence-corrected chi connectivity index (χ2v) is 9.26. The van der Waals surface area contributed by atoms with Gasteiger partial charge in [0, 0.05) is 12.6 Å². The first kappa shape index (κ1) is 26.9. The van der Waals surface area contributed by atoms with Gasteiger partial charge in [-0.15, -0.1) is 0 Å². The van der Waals surface area contributed by atoms with Gasteiger partial charge >= 0.3 is 6.09 Å². The smallest absolute Gasteiger partial charge is 0.407 e. The average Bonchev–Trinajstić information content (AvgIpc) is 2.81. The third-order valence-corrected chi connectivity index (χ3v) is 5.55. The molecule has 2 N–H and O–H groups in total. The summed E-state index contributed by atoms with van der Waals surface area (Å²) < 4.78 is 11.2. The zero-order valence-electron chi connectivity index (χ0n) is 19.8. The summed E-state index contributed by atoms with van der Waals surface area (Å²) >= 11 is 1.49. The summed E-state index contributed by atoms with van der Waals surface area (Å²) in [6.45, 7) is 5.60. The fourth-order valence-corrected chi connectivity index (χ4v) is 3.84. The molecule has 6 nitrogen and oxygen atoms in total. The Labute approximate surface area is 201 Å². The van der Waals surface area contributed by atoms with Gasteiger partial charge < -0.3 is 20.1 Å². The Kier molecular flexibility index (Phi) is 12.6. The first-order valence-corrected chi connectivity index (χ1v) is 12.7. The second kappa shape index (κ2) is 15.5. The van der Waals surface area contributed by atoms with Crippen LogP contribution in [0.2, 0.25) is 0 Å². The van der Waals surface area contributed by atoms with Gasteiger partial charge in [-0.05, 0) is 29.7 Å². The number of hydrogen-bond acceptors (Lipinski definition) is 6. The zero-order valence-corrected chi connectivity index (χ0v) is 20.6. The maximum absolute atomic E-state index is 12.6. The van der Waals surface area contributed by atoms with E-state index in [1.54, 1.807) is 0 Å². The van der Waals surface area contributed by atoms with Crippen LogP contribution in [0, 0.1) is 5.92 Å². The van der Waals surface area contributed by atoms with Crippen LogP contribution in [0.15, 0.2) is 60.7 Å². The molecule has 0 heterocycles. The van der Waals surface area contributed by atoms with Crippen molar-refractivity contribution < 1.29 is 19.1 Å². The number of ether oxygens (including phenoxy) is 2. The Bertz CT molecular complexity index is 818. The topological polar surface area (TPSA) is 76.7 Å². The number of nitrogens with one attached hydrogen (secondary N) is 2. The number of hydrogen-bond donors (Lipinski definition) is 2. The molecular formula is C26H36N2O4S. The number of thioether (sulfide) groups is 1. The monoisotopic (exact) mass is 472 g/mol. The van der Waals surface area contributed by atoms with Crippen LogP contribution in [0.25, 0.3) is 0 Å². The Morgan fingerprint density at radius 1 is 0.939 bits per heavy atom. The van der Waals surface area contributed by atoms with Crippen LogP contribution in [0.3, 0.4) is 0 Å². The highest BCUT2D eigenvalue weighted by Crippen LogP contribution is 2.08. The number of alkyl carbamates (subject to hydrolysis) is 1. The number of rotatable bonds is 15. The Balaban J connectivity index is 1.88. The minimum Gasteiger partial charge on any atom is -0.445 e. The molecule has 0 aromatic heterocycles. The summed E-state index contributed by atoms with van der Waals surface area (Å²) in [4.78, 5) is 25.0. The molecule has 2 aromatic carbocycles. The Morgan fingerprint density at radius 3 is 2.12 bits per heavy atom. The van der Waals surface area contributed by atoms with Crippen LogP contribution >= 0.6 is 11.8 Å². The van der Waals surface area contributed by atoms with Crippen molar-refractivity contribution in [3.8, 4) is 0 Å². The molecule has 1 amide bonds. The molecule has 0 bridgehead atoms. The summed E-state index contributed by atoms with van der Waals surface area (Å²) in [5, 5.41) is 6.26. The van der Waals surface area contributed by atoms with E-state index in [-0.39, 0.29) is 25.0 Å². The molecule has 0 radical (unpaired) electrons. The largest absolute Gasteiger partial charge is 0.445 e. The molecule has 0 aliphatic carbocycles. The van der Waals surface area contributed by atoms with Crippen LogP contribution in [0.5, 0.6) is 0 Å². The highest BCUT2D eigenvalue weighted by molar-refractivity contribution is 7.99. The molecule has 2 rings (SSSR count). The molecule has 0 saturated heterocycles. The second-order valence-electron chi connectivity index (χ2n) is 8.39. The van der Waals surface area contributed by atoms with E-state index in [0.717, 1.165) is 17.5 Å². The van der Waals surface area contributed by atoms with Crippen molar-refractivity contribution in [2.24, 2.45) is 5.92 Å². The lowest BCUT2D eigenvalue weighted by atomic mass is 10.0. The van der Waals surface area contributed by atoms with Gasteiger partial charge in [-0.3, -0.25) is 4.79 Å². The summed E-state index contributed by atoms with van der Waals surface area (Å²) in [5.41, 5.74) is 2.00. The summed E-state index contributed by atoms with van der Waals surface area (Å²) in [6.07, 6.45) is 2.21. The number of benzene rings is 2. The lowest BCUT2D eigenvalue weighted by Gasteiger charge is -2.24. The van der Waals surface area contributed by atoms with E-state index in [4.69, 9.17) is 9.47 Å². The fourth-order valence-electron chi connectivity index (χ4n) is 3.36. The molecule has 180 valence electrons. The highest BCUT2D eigenvalue weighted by atomic mass is 32.2. The molecule has 0 aliphatic rings. The minimum absolute atomic E-state index is 0.0884. The third-order valence-electron chi connectivity index (χ3n) is 4.97. The van der Waals surface area contributed by atoms with Crippen molar-refractivity contribution in [3.63, 3.8) is 0 Å². The van der Waals surface area contributed by atoms with Gasteiger partial charge in [0.25, 0.3) is 0 Å². The number of carbonyl (C=O) groups excluding carboxylic acids is 2. The summed E-state index contributed by atoms with van der Waals surface area (Å²) in [5.74, 6) is 0.875. The van der Waals surface area contributed by atoms with Crippen LogP contribution in [0.1, 0.15) is 31.4 Å². The number of amides is 1. The first-order chi connectivity index (χ1) is 16.0. The van der Waals surface area contributed by atoms with Crippen molar-refractivity contribution in [1.29, 1.82) is 0 Å². The molecule has 2 unspecified atom stereocenters. The highest BCUT2D eigenvalue weighted by Gasteiger charge is 2.21. The van der Waals surface area contributed by atoms with E-state index in [1.807, 2.05) is 66.9 Å². The van der Waals surface area contributed by atoms with Crippen LogP contribution < -0.4 is 10.6 Å². The van der Waals surface area contributed by atoms with Crippen LogP contribution in [-0.2, 0) is 27.5 Å². The van der Waals surface area contributed by atoms with Gasteiger partial charge in [0.2, 0.25) is 0 Å². The van der Waals surface area contributed by atoms with E-state index >= 15 is 0 Å². The van der Waals surface area contributed by atoms with Gasteiger partial charge in [0.15, 0.2) is 5.78 Å². The van der Waals surface area contributed by atoms with Gasteiger partial charge in [-0.1, -0.05) is 74.5 Å². The summed E-state index contributed by atoms with van der Waals surface area (Å²) in [6, 6.07) is 18.9. The van der Waals surface area contributed by atoms with Gasteiger partial charge in [0.1, 0.15) is 6.61 Å². The van der Waals surface area contributed by atoms with Gasteiger partial charge in [0.05, 0.1) is 25.0 Å². The normalized spacial score (nSPS) is 12.8. The van der Waals surface area contributed by atoms with Crippen molar-refractivity contribution in [3.05, 3.63) is 71.8 Å². The molecule has 0 fully saturated rings. The molecule has 2 atom stereocenters. The molecule has 0 spiro atoms. The van der Waals surface area contributed by atoms with Crippen molar-refractivity contribution in [2.45, 2.75) is 45.6 Å². The van der Waals surface area contributed by atoms with E-state index in [0.29, 0.717) is 24.8 Å². The lowest BCUT2D eigenvalue weighted by Crippen LogP contribution is -2.49. The first-order valence-electron chi connectivity index (χ1n) is 11.3. The predicted octanol–water partition coefficient (Wildman–Crippen LogP) is 4.43. The number of Topliss-reactive ketones (excluding diaryl/α,β-unsaturated/α-hetero) is 1. The Morgan fingerprint density at radius 2 is 1.55 bits per heavy atom.